The molecule has 0 aliphatic rings. The van der Waals surface area contributed by atoms with E-state index in [1.807, 2.05) is 30.3 Å². The Hall–Kier alpha value is -2.08. The van der Waals surface area contributed by atoms with Gasteiger partial charge in [0.25, 0.3) is 5.91 Å². The maximum Gasteiger partial charge on any atom is 0.264 e. The second kappa shape index (κ2) is 9.16. The number of ether oxygens (including phenoxy) is 1. The first kappa shape index (κ1) is 21.6. The van der Waals surface area contributed by atoms with Crippen molar-refractivity contribution in [3.05, 3.63) is 74.7 Å². The molecule has 3 aromatic rings. The quantitative estimate of drug-likeness (QED) is 0.477. The molecule has 1 aromatic heterocycles. The first-order valence-electron chi connectivity index (χ1n) is 9.12. The lowest BCUT2D eigenvalue weighted by atomic mass is 9.87. The number of rotatable bonds is 6. The van der Waals surface area contributed by atoms with E-state index in [2.05, 4.69) is 31.1 Å². The predicted molar refractivity (Wildman–Crippen MR) is 121 cm³/mol. The standard InChI is InChI=1S/C22H22Cl2N2O2S/c1-22(2,3)15-4-7-17(8-5-15)28-13-20(27)26-21-25-12-18(29-21)11-14-10-16(23)6-9-19(14)24/h4-10,12H,11,13H2,1-3H3,(H,25,26,27). The summed E-state index contributed by atoms with van der Waals surface area (Å²) in [6.07, 6.45) is 2.33. The molecular formula is C22H22Cl2N2O2S. The van der Waals surface area contributed by atoms with Crippen LogP contribution in [0.2, 0.25) is 10.0 Å². The second-order valence-corrected chi connectivity index (χ2v) is 9.61. The number of halogens is 2. The zero-order chi connectivity index (χ0) is 21.0. The number of hydrogen-bond acceptors (Lipinski definition) is 4. The molecule has 0 radical (unpaired) electrons. The van der Waals surface area contributed by atoms with Gasteiger partial charge in [-0.15, -0.1) is 11.3 Å². The van der Waals surface area contributed by atoms with E-state index in [9.17, 15) is 4.79 Å². The smallest absolute Gasteiger partial charge is 0.264 e. The van der Waals surface area contributed by atoms with Gasteiger partial charge in [0.15, 0.2) is 11.7 Å². The second-order valence-electron chi connectivity index (χ2n) is 7.66. The number of nitrogens with one attached hydrogen (secondary N) is 1. The number of thiazole rings is 1. The lowest BCUT2D eigenvalue weighted by Crippen LogP contribution is -2.20. The number of benzene rings is 2. The first-order chi connectivity index (χ1) is 13.7. The van der Waals surface area contributed by atoms with E-state index < -0.39 is 0 Å². The minimum Gasteiger partial charge on any atom is -0.484 e. The maximum absolute atomic E-state index is 12.2. The fraction of sp³-hybridized carbons (Fsp3) is 0.273. The molecule has 0 saturated heterocycles. The van der Waals surface area contributed by atoms with Crippen molar-refractivity contribution in [2.24, 2.45) is 0 Å². The Balaban J connectivity index is 1.53. The van der Waals surface area contributed by atoms with Crippen molar-refractivity contribution in [3.8, 4) is 5.75 Å². The molecule has 0 unspecified atom stereocenters. The van der Waals surface area contributed by atoms with E-state index in [1.54, 1.807) is 18.3 Å². The van der Waals surface area contributed by atoms with Gasteiger partial charge in [-0.2, -0.15) is 0 Å². The van der Waals surface area contributed by atoms with Crippen molar-refractivity contribution in [1.29, 1.82) is 0 Å². The molecule has 152 valence electrons. The molecule has 29 heavy (non-hydrogen) atoms. The van der Waals surface area contributed by atoms with Gasteiger partial charge < -0.3 is 4.74 Å². The van der Waals surface area contributed by atoms with Crippen LogP contribution in [0.5, 0.6) is 5.75 Å². The molecule has 0 bridgehead atoms. The highest BCUT2D eigenvalue weighted by molar-refractivity contribution is 7.15. The van der Waals surface area contributed by atoms with E-state index in [0.717, 1.165) is 10.4 Å². The average molecular weight is 449 g/mol. The molecule has 0 spiro atoms. The van der Waals surface area contributed by atoms with Crippen LogP contribution in [0, 0.1) is 0 Å². The molecule has 1 amide bonds. The Labute approximate surface area is 184 Å². The van der Waals surface area contributed by atoms with Gasteiger partial charge in [0.2, 0.25) is 0 Å². The summed E-state index contributed by atoms with van der Waals surface area (Å²) < 4.78 is 5.57. The van der Waals surface area contributed by atoms with Crippen LogP contribution in [-0.2, 0) is 16.6 Å². The number of carbonyl (C=O) groups is 1. The van der Waals surface area contributed by atoms with Crippen LogP contribution in [-0.4, -0.2) is 17.5 Å². The van der Waals surface area contributed by atoms with Gasteiger partial charge in [-0.25, -0.2) is 4.98 Å². The molecule has 0 aliphatic carbocycles. The zero-order valence-corrected chi connectivity index (χ0v) is 18.8. The summed E-state index contributed by atoms with van der Waals surface area (Å²) in [6, 6.07) is 13.1. The van der Waals surface area contributed by atoms with E-state index in [1.165, 1.54) is 16.9 Å². The number of nitrogens with zero attached hydrogens (tertiary/aromatic N) is 1. The van der Waals surface area contributed by atoms with Crippen molar-refractivity contribution in [1.82, 2.24) is 4.98 Å². The van der Waals surface area contributed by atoms with Gasteiger partial charge in [-0.3, -0.25) is 10.1 Å². The van der Waals surface area contributed by atoms with Crippen LogP contribution < -0.4 is 10.1 Å². The zero-order valence-electron chi connectivity index (χ0n) is 16.5. The minimum absolute atomic E-state index is 0.0771. The van der Waals surface area contributed by atoms with Crippen molar-refractivity contribution in [2.75, 3.05) is 11.9 Å². The van der Waals surface area contributed by atoms with Gasteiger partial charge >= 0.3 is 0 Å². The van der Waals surface area contributed by atoms with Crippen LogP contribution in [0.15, 0.2) is 48.7 Å². The highest BCUT2D eigenvalue weighted by Gasteiger charge is 2.14. The highest BCUT2D eigenvalue weighted by atomic mass is 35.5. The Bertz CT molecular complexity index is 995. The van der Waals surface area contributed by atoms with Crippen LogP contribution in [0.1, 0.15) is 36.8 Å². The van der Waals surface area contributed by atoms with Crippen molar-refractivity contribution >= 4 is 45.6 Å². The fourth-order valence-electron chi connectivity index (χ4n) is 2.67. The van der Waals surface area contributed by atoms with E-state index in [0.29, 0.717) is 27.3 Å². The minimum atomic E-state index is -0.258. The first-order valence-corrected chi connectivity index (χ1v) is 10.7. The summed E-state index contributed by atoms with van der Waals surface area (Å²) in [6.45, 7) is 6.38. The summed E-state index contributed by atoms with van der Waals surface area (Å²) >= 11 is 13.6. The van der Waals surface area contributed by atoms with E-state index >= 15 is 0 Å². The molecule has 0 saturated carbocycles. The summed E-state index contributed by atoms with van der Waals surface area (Å²) in [5.41, 5.74) is 2.21. The number of anilines is 1. The third-order valence-corrected chi connectivity index (χ3v) is 5.78. The van der Waals surface area contributed by atoms with Gasteiger partial charge in [0, 0.05) is 27.5 Å². The summed E-state index contributed by atoms with van der Waals surface area (Å²) in [4.78, 5) is 17.4. The third-order valence-electron chi connectivity index (χ3n) is 4.26. The lowest BCUT2D eigenvalue weighted by Gasteiger charge is -2.19. The molecule has 2 aromatic carbocycles. The molecule has 0 atom stereocenters. The molecule has 3 rings (SSSR count). The lowest BCUT2D eigenvalue weighted by molar-refractivity contribution is -0.118. The average Bonchev–Trinajstić information content (AvgIpc) is 3.09. The van der Waals surface area contributed by atoms with Gasteiger partial charge in [-0.05, 0) is 46.9 Å². The highest BCUT2D eigenvalue weighted by Crippen LogP contribution is 2.27. The van der Waals surface area contributed by atoms with Gasteiger partial charge in [0.1, 0.15) is 5.75 Å². The molecule has 0 fully saturated rings. The predicted octanol–water partition coefficient (Wildman–Crippen LogP) is 6.36. The Morgan fingerprint density at radius 1 is 1.14 bits per heavy atom. The largest absolute Gasteiger partial charge is 0.484 e. The summed E-state index contributed by atoms with van der Waals surface area (Å²) in [7, 11) is 0. The van der Waals surface area contributed by atoms with Crippen molar-refractivity contribution in [2.45, 2.75) is 32.6 Å². The number of amides is 1. The Morgan fingerprint density at radius 2 is 1.86 bits per heavy atom. The van der Waals surface area contributed by atoms with Crippen LogP contribution in [0.3, 0.4) is 0 Å². The Kier molecular flexibility index (Phi) is 6.83. The van der Waals surface area contributed by atoms with Gasteiger partial charge in [-0.1, -0.05) is 56.1 Å². The molecule has 7 heteroatoms. The summed E-state index contributed by atoms with van der Waals surface area (Å²) in [5, 5.41) is 4.57. The van der Waals surface area contributed by atoms with Crippen LogP contribution in [0.25, 0.3) is 0 Å². The third kappa shape index (κ3) is 6.20. The number of aromatic nitrogens is 1. The van der Waals surface area contributed by atoms with Crippen LogP contribution >= 0.6 is 34.5 Å². The molecular weight excluding hydrogens is 427 g/mol. The molecule has 1 heterocycles. The fourth-order valence-corrected chi connectivity index (χ4v) is 3.90. The number of hydrogen-bond donors (Lipinski definition) is 1. The topological polar surface area (TPSA) is 51.2 Å². The van der Waals surface area contributed by atoms with Crippen molar-refractivity contribution in [3.63, 3.8) is 0 Å². The summed E-state index contributed by atoms with van der Waals surface area (Å²) in [5.74, 6) is 0.398. The normalized spacial score (nSPS) is 11.3. The van der Waals surface area contributed by atoms with E-state index in [-0.39, 0.29) is 17.9 Å². The number of carbonyl (C=O) groups excluding carboxylic acids is 1. The van der Waals surface area contributed by atoms with E-state index in [4.69, 9.17) is 27.9 Å². The Morgan fingerprint density at radius 3 is 2.55 bits per heavy atom. The molecule has 4 nitrogen and oxygen atoms in total. The van der Waals surface area contributed by atoms with Gasteiger partial charge in [0.05, 0.1) is 0 Å². The molecule has 1 N–H and O–H groups in total. The van der Waals surface area contributed by atoms with Crippen molar-refractivity contribution < 1.29 is 9.53 Å². The SMILES string of the molecule is CC(C)(C)c1ccc(OCC(=O)Nc2ncc(Cc3cc(Cl)ccc3Cl)s2)cc1. The van der Waals surface area contributed by atoms with Crippen LogP contribution in [0.4, 0.5) is 5.13 Å². The monoisotopic (exact) mass is 448 g/mol. The maximum atomic E-state index is 12.2. The molecule has 0 aliphatic heterocycles.